The third-order valence-electron chi connectivity index (χ3n) is 3.40. The first-order valence-electron chi connectivity index (χ1n) is 6.98. The minimum absolute atomic E-state index is 0.0398. The Kier molecular flexibility index (Phi) is 5.76. The lowest BCUT2D eigenvalue weighted by molar-refractivity contribution is 0.487. The highest BCUT2D eigenvalue weighted by atomic mass is 32.2. The molecule has 0 fully saturated rings. The number of likely N-dealkylation sites (N-methyl/N-ethyl adjacent to an activating group) is 1. The van der Waals surface area contributed by atoms with Crippen molar-refractivity contribution in [1.82, 2.24) is 5.32 Å². The predicted octanol–water partition coefficient (Wildman–Crippen LogP) is 4.58. The van der Waals surface area contributed by atoms with Crippen molar-refractivity contribution in [3.8, 4) is 0 Å². The number of hydrogen-bond donors (Lipinski definition) is 1. The third kappa shape index (κ3) is 4.05. The Balaban J connectivity index is 2.17. The van der Waals surface area contributed by atoms with E-state index in [1.165, 1.54) is 4.90 Å². The highest BCUT2D eigenvalue weighted by Crippen LogP contribution is 2.24. The highest BCUT2D eigenvalue weighted by molar-refractivity contribution is 7.99. The molecular formula is C17H19F2NS. The molecule has 0 spiro atoms. The predicted molar refractivity (Wildman–Crippen MR) is 84.7 cm³/mol. The Hall–Kier alpha value is -1.39. The maximum atomic E-state index is 13.8. The highest BCUT2D eigenvalue weighted by Gasteiger charge is 2.14. The lowest BCUT2D eigenvalue weighted by Crippen LogP contribution is -2.19. The molecule has 0 heterocycles. The molecular weight excluding hydrogens is 288 g/mol. The van der Waals surface area contributed by atoms with Crippen LogP contribution in [0, 0.1) is 11.6 Å². The Morgan fingerprint density at radius 2 is 1.81 bits per heavy atom. The quantitative estimate of drug-likeness (QED) is 0.784. The molecule has 0 aliphatic carbocycles. The van der Waals surface area contributed by atoms with Gasteiger partial charge in [0, 0.05) is 10.9 Å². The minimum Gasteiger partial charge on any atom is -0.313 e. The van der Waals surface area contributed by atoms with E-state index in [1.54, 1.807) is 23.9 Å². The number of rotatable bonds is 6. The number of benzene rings is 2. The van der Waals surface area contributed by atoms with Crippen LogP contribution in [0.5, 0.6) is 0 Å². The van der Waals surface area contributed by atoms with Gasteiger partial charge in [0.2, 0.25) is 0 Å². The lowest BCUT2D eigenvalue weighted by atomic mass is 9.98. The summed E-state index contributed by atoms with van der Waals surface area (Å²) in [5.41, 5.74) is 1.46. The molecule has 1 N–H and O–H groups in total. The standard InChI is InChI=1S/C17H19F2NS/c1-3-21-14-9-7-12(8-10-14)16(20-2)11-13-5-4-6-15(18)17(13)19/h4-10,16,20H,3,11H2,1-2H3. The van der Waals surface area contributed by atoms with Crippen molar-refractivity contribution in [2.24, 2.45) is 0 Å². The number of halogens is 2. The molecule has 0 bridgehead atoms. The Labute approximate surface area is 128 Å². The summed E-state index contributed by atoms with van der Waals surface area (Å²) in [6.45, 7) is 2.11. The molecule has 0 aliphatic rings. The Morgan fingerprint density at radius 3 is 2.43 bits per heavy atom. The zero-order valence-electron chi connectivity index (χ0n) is 12.2. The van der Waals surface area contributed by atoms with Gasteiger partial charge in [0.15, 0.2) is 11.6 Å². The van der Waals surface area contributed by atoms with E-state index in [-0.39, 0.29) is 6.04 Å². The van der Waals surface area contributed by atoms with E-state index in [0.717, 1.165) is 17.4 Å². The summed E-state index contributed by atoms with van der Waals surface area (Å²) in [6.07, 6.45) is 0.417. The Bertz CT molecular complexity index is 584. The molecule has 0 saturated heterocycles. The van der Waals surface area contributed by atoms with Crippen molar-refractivity contribution in [3.63, 3.8) is 0 Å². The average molecular weight is 307 g/mol. The minimum atomic E-state index is -0.794. The van der Waals surface area contributed by atoms with Crippen molar-refractivity contribution in [2.45, 2.75) is 24.3 Å². The fourth-order valence-electron chi connectivity index (χ4n) is 2.28. The first kappa shape index (κ1) is 16.0. The molecule has 2 rings (SSSR count). The SMILES string of the molecule is CCSc1ccc(C(Cc2cccc(F)c2F)NC)cc1. The molecule has 0 aliphatic heterocycles. The first-order chi connectivity index (χ1) is 10.2. The molecule has 0 saturated carbocycles. The van der Waals surface area contributed by atoms with Crippen LogP contribution < -0.4 is 5.32 Å². The van der Waals surface area contributed by atoms with E-state index in [4.69, 9.17) is 0 Å². The van der Waals surface area contributed by atoms with Gasteiger partial charge >= 0.3 is 0 Å². The third-order valence-corrected chi connectivity index (χ3v) is 4.29. The second kappa shape index (κ2) is 7.57. The monoisotopic (exact) mass is 307 g/mol. The van der Waals surface area contributed by atoms with Gasteiger partial charge in [-0.2, -0.15) is 0 Å². The maximum absolute atomic E-state index is 13.8. The molecule has 2 aromatic rings. The van der Waals surface area contributed by atoms with E-state index in [9.17, 15) is 8.78 Å². The van der Waals surface area contributed by atoms with E-state index in [2.05, 4.69) is 24.4 Å². The van der Waals surface area contributed by atoms with E-state index in [0.29, 0.717) is 12.0 Å². The number of nitrogens with one attached hydrogen (secondary N) is 1. The lowest BCUT2D eigenvalue weighted by Gasteiger charge is -2.17. The number of thioether (sulfide) groups is 1. The normalized spacial score (nSPS) is 12.4. The van der Waals surface area contributed by atoms with Crippen LogP contribution in [-0.4, -0.2) is 12.8 Å². The summed E-state index contributed by atoms with van der Waals surface area (Å²) in [6, 6.07) is 12.5. The molecule has 4 heteroatoms. The fourth-order valence-corrected chi connectivity index (χ4v) is 2.94. The van der Waals surface area contributed by atoms with Gasteiger partial charge in [-0.15, -0.1) is 11.8 Å². The smallest absolute Gasteiger partial charge is 0.162 e. The van der Waals surface area contributed by atoms with E-state index in [1.807, 2.05) is 19.2 Å². The zero-order chi connectivity index (χ0) is 15.2. The van der Waals surface area contributed by atoms with Crippen LogP contribution in [0.4, 0.5) is 8.78 Å². The van der Waals surface area contributed by atoms with Crippen LogP contribution in [0.1, 0.15) is 24.1 Å². The van der Waals surface area contributed by atoms with Crippen molar-refractivity contribution >= 4 is 11.8 Å². The molecule has 0 aromatic heterocycles. The first-order valence-corrected chi connectivity index (χ1v) is 7.97. The van der Waals surface area contributed by atoms with Gasteiger partial charge in [-0.25, -0.2) is 8.78 Å². The van der Waals surface area contributed by atoms with Gasteiger partial charge in [0.05, 0.1) is 0 Å². The summed E-state index contributed by atoms with van der Waals surface area (Å²) in [7, 11) is 1.83. The second-order valence-corrected chi connectivity index (χ2v) is 6.10. The molecule has 0 radical (unpaired) electrons. The second-order valence-electron chi connectivity index (χ2n) is 4.76. The summed E-state index contributed by atoms with van der Waals surface area (Å²) >= 11 is 1.78. The van der Waals surface area contributed by atoms with Gasteiger partial charge in [0.1, 0.15) is 0 Å². The summed E-state index contributed by atoms with van der Waals surface area (Å²) < 4.78 is 27.0. The van der Waals surface area contributed by atoms with Crippen LogP contribution >= 0.6 is 11.8 Å². The molecule has 1 nitrogen and oxygen atoms in total. The van der Waals surface area contributed by atoms with Gasteiger partial charge in [-0.05, 0) is 48.5 Å². The van der Waals surface area contributed by atoms with E-state index < -0.39 is 11.6 Å². The van der Waals surface area contributed by atoms with Crippen LogP contribution in [0.3, 0.4) is 0 Å². The van der Waals surface area contributed by atoms with Gasteiger partial charge in [0.25, 0.3) is 0 Å². The molecule has 2 aromatic carbocycles. The number of hydrogen-bond acceptors (Lipinski definition) is 2. The van der Waals surface area contributed by atoms with Crippen LogP contribution in [0.25, 0.3) is 0 Å². The summed E-state index contributed by atoms with van der Waals surface area (Å²) in [5.74, 6) is -0.517. The summed E-state index contributed by atoms with van der Waals surface area (Å²) in [5, 5.41) is 3.17. The molecule has 1 unspecified atom stereocenters. The maximum Gasteiger partial charge on any atom is 0.162 e. The summed E-state index contributed by atoms with van der Waals surface area (Å²) in [4.78, 5) is 1.22. The molecule has 21 heavy (non-hydrogen) atoms. The topological polar surface area (TPSA) is 12.0 Å². The van der Waals surface area contributed by atoms with Crippen LogP contribution in [-0.2, 0) is 6.42 Å². The molecule has 0 amide bonds. The van der Waals surface area contributed by atoms with Crippen molar-refractivity contribution < 1.29 is 8.78 Å². The van der Waals surface area contributed by atoms with Gasteiger partial charge < -0.3 is 5.32 Å². The van der Waals surface area contributed by atoms with Gasteiger partial charge in [-0.1, -0.05) is 31.2 Å². The van der Waals surface area contributed by atoms with Crippen molar-refractivity contribution in [1.29, 1.82) is 0 Å². The largest absolute Gasteiger partial charge is 0.313 e. The average Bonchev–Trinajstić information content (AvgIpc) is 2.50. The van der Waals surface area contributed by atoms with Crippen LogP contribution in [0.2, 0.25) is 0 Å². The van der Waals surface area contributed by atoms with Crippen LogP contribution in [0.15, 0.2) is 47.4 Å². The van der Waals surface area contributed by atoms with Gasteiger partial charge in [-0.3, -0.25) is 0 Å². The van der Waals surface area contributed by atoms with E-state index >= 15 is 0 Å². The molecule has 1 atom stereocenters. The van der Waals surface area contributed by atoms with Crippen molar-refractivity contribution in [2.75, 3.05) is 12.8 Å². The molecule has 112 valence electrons. The fraction of sp³-hybridized carbons (Fsp3) is 0.294. The zero-order valence-corrected chi connectivity index (χ0v) is 13.0. The Morgan fingerprint density at radius 1 is 1.10 bits per heavy atom. The van der Waals surface area contributed by atoms with Crippen molar-refractivity contribution in [3.05, 3.63) is 65.2 Å².